The van der Waals surface area contributed by atoms with Gasteiger partial charge in [0.05, 0.1) is 15.8 Å². The molecule has 1 nitrogen and oxygen atoms in total. The predicted octanol–water partition coefficient (Wildman–Crippen LogP) is 5.59. The van der Waals surface area contributed by atoms with Crippen LogP contribution in [0.4, 0.5) is 0 Å². The van der Waals surface area contributed by atoms with E-state index >= 15 is 0 Å². The van der Waals surface area contributed by atoms with E-state index in [1.165, 1.54) is 17.3 Å². The lowest BCUT2D eigenvalue weighted by Gasteiger charge is -2.05. The van der Waals surface area contributed by atoms with Crippen LogP contribution >= 0.6 is 35.0 Å². The Kier molecular flexibility index (Phi) is 5.14. The number of halogens is 2. The average Bonchev–Trinajstić information content (AvgIpc) is 2.43. The van der Waals surface area contributed by atoms with Gasteiger partial charge in [0.15, 0.2) is 5.78 Å². The fraction of sp³-hybridized carbons (Fsp3) is 0.188. The minimum atomic E-state index is 0.115. The van der Waals surface area contributed by atoms with Crippen molar-refractivity contribution in [3.8, 4) is 0 Å². The van der Waals surface area contributed by atoms with E-state index in [9.17, 15) is 4.79 Å². The van der Waals surface area contributed by atoms with Crippen molar-refractivity contribution >= 4 is 40.7 Å². The summed E-state index contributed by atoms with van der Waals surface area (Å²) in [5.41, 5.74) is 3.08. The largest absolute Gasteiger partial charge is 0.293 e. The molecule has 0 fully saturated rings. The lowest BCUT2D eigenvalue weighted by atomic mass is 10.0. The number of ketones is 1. The van der Waals surface area contributed by atoms with Crippen LogP contribution < -0.4 is 0 Å². The van der Waals surface area contributed by atoms with E-state index < -0.39 is 0 Å². The van der Waals surface area contributed by atoms with Gasteiger partial charge in [0.2, 0.25) is 0 Å². The maximum Gasteiger partial charge on any atom is 0.173 e. The Hall–Kier alpha value is -0.960. The van der Waals surface area contributed by atoms with Gasteiger partial charge in [-0.3, -0.25) is 4.79 Å². The summed E-state index contributed by atoms with van der Waals surface area (Å²) in [6.07, 6.45) is 0. The number of hydrogen-bond acceptors (Lipinski definition) is 2. The zero-order chi connectivity index (χ0) is 14.7. The molecule has 2 aromatic rings. The van der Waals surface area contributed by atoms with Crippen LogP contribution in [0.5, 0.6) is 0 Å². The van der Waals surface area contributed by atoms with Gasteiger partial charge in [-0.1, -0.05) is 35.3 Å². The highest BCUT2D eigenvalue weighted by molar-refractivity contribution is 8.00. The highest BCUT2D eigenvalue weighted by Gasteiger charge is 2.08. The van der Waals surface area contributed by atoms with Gasteiger partial charge in [0.1, 0.15) is 0 Å². The minimum Gasteiger partial charge on any atom is -0.293 e. The van der Waals surface area contributed by atoms with Crippen molar-refractivity contribution in [2.45, 2.75) is 18.7 Å². The Balaban J connectivity index is 2.04. The number of hydrogen-bond donors (Lipinski definition) is 0. The number of benzene rings is 2. The third-order valence-corrected chi connectivity index (χ3v) is 4.82. The van der Waals surface area contributed by atoms with Crippen LogP contribution in [0.15, 0.2) is 41.3 Å². The first-order valence-electron chi connectivity index (χ1n) is 6.15. The van der Waals surface area contributed by atoms with Crippen LogP contribution in [-0.2, 0) is 0 Å². The Morgan fingerprint density at radius 2 is 1.75 bits per heavy atom. The molecular formula is C16H14Cl2OS. The van der Waals surface area contributed by atoms with E-state index in [4.69, 9.17) is 23.2 Å². The molecule has 0 amide bonds. The summed E-state index contributed by atoms with van der Waals surface area (Å²) in [5, 5.41) is 1.03. The number of carbonyl (C=O) groups is 1. The van der Waals surface area contributed by atoms with Gasteiger partial charge in [-0.15, -0.1) is 11.8 Å². The second-order valence-electron chi connectivity index (χ2n) is 4.59. The first-order chi connectivity index (χ1) is 9.47. The normalized spacial score (nSPS) is 10.6. The molecule has 2 aromatic carbocycles. The number of rotatable bonds is 4. The van der Waals surface area contributed by atoms with Gasteiger partial charge in [-0.2, -0.15) is 0 Å². The van der Waals surface area contributed by atoms with Gasteiger partial charge in [0.25, 0.3) is 0 Å². The average molecular weight is 325 g/mol. The maximum absolute atomic E-state index is 12.2. The highest BCUT2D eigenvalue weighted by Crippen LogP contribution is 2.28. The molecule has 0 radical (unpaired) electrons. The van der Waals surface area contributed by atoms with E-state index in [-0.39, 0.29) is 5.78 Å². The van der Waals surface area contributed by atoms with Crippen molar-refractivity contribution < 1.29 is 4.79 Å². The number of Topliss-reactive ketones (excluding diaryl/α,β-unsaturated/α-hetero) is 1. The second kappa shape index (κ2) is 6.66. The molecule has 0 saturated heterocycles. The Morgan fingerprint density at radius 1 is 1.00 bits per heavy atom. The van der Waals surface area contributed by atoms with Gasteiger partial charge in [0, 0.05) is 10.5 Å². The summed E-state index contributed by atoms with van der Waals surface area (Å²) >= 11 is 13.3. The summed E-state index contributed by atoms with van der Waals surface area (Å²) < 4.78 is 0. The first-order valence-corrected chi connectivity index (χ1v) is 7.90. The van der Waals surface area contributed by atoms with E-state index in [1.54, 1.807) is 12.1 Å². The SMILES string of the molecule is Cc1ccc(C(=O)CSc2ccc(Cl)c(Cl)c2)cc1C. The lowest BCUT2D eigenvalue weighted by Crippen LogP contribution is -2.03. The van der Waals surface area contributed by atoms with Gasteiger partial charge < -0.3 is 0 Å². The monoisotopic (exact) mass is 324 g/mol. The molecule has 4 heteroatoms. The number of carbonyl (C=O) groups excluding carboxylic acids is 1. The molecule has 0 spiro atoms. The fourth-order valence-corrected chi connectivity index (χ4v) is 2.91. The van der Waals surface area contributed by atoms with Crippen molar-refractivity contribution in [2.24, 2.45) is 0 Å². The van der Waals surface area contributed by atoms with E-state index in [0.29, 0.717) is 15.8 Å². The summed E-state index contributed by atoms with van der Waals surface area (Å²) in [6.45, 7) is 4.05. The molecule has 0 aromatic heterocycles. The van der Waals surface area contributed by atoms with E-state index in [1.807, 2.05) is 38.1 Å². The molecule has 0 aliphatic heterocycles. The standard InChI is InChI=1S/C16H14Cl2OS/c1-10-3-4-12(7-11(10)2)16(19)9-20-13-5-6-14(17)15(18)8-13/h3-8H,9H2,1-2H3. The van der Waals surface area contributed by atoms with Crippen LogP contribution in [0.2, 0.25) is 10.0 Å². The molecule has 104 valence electrons. The predicted molar refractivity (Wildman–Crippen MR) is 87.4 cm³/mol. The topological polar surface area (TPSA) is 17.1 Å². The Bertz CT molecular complexity index is 653. The lowest BCUT2D eigenvalue weighted by molar-refractivity contribution is 0.102. The van der Waals surface area contributed by atoms with Crippen LogP contribution in [0.1, 0.15) is 21.5 Å². The van der Waals surface area contributed by atoms with Gasteiger partial charge in [-0.25, -0.2) is 0 Å². The number of aryl methyl sites for hydroxylation is 2. The first kappa shape index (κ1) is 15.4. The molecule has 0 heterocycles. The van der Waals surface area contributed by atoms with Crippen LogP contribution in [-0.4, -0.2) is 11.5 Å². The molecule has 0 N–H and O–H groups in total. The Morgan fingerprint density at radius 3 is 2.40 bits per heavy atom. The molecule has 20 heavy (non-hydrogen) atoms. The van der Waals surface area contributed by atoms with Gasteiger partial charge >= 0.3 is 0 Å². The molecular weight excluding hydrogens is 311 g/mol. The molecule has 0 bridgehead atoms. The summed E-state index contributed by atoms with van der Waals surface area (Å²) in [6, 6.07) is 11.2. The van der Waals surface area contributed by atoms with E-state index in [2.05, 4.69) is 0 Å². The quantitative estimate of drug-likeness (QED) is 0.539. The van der Waals surface area contributed by atoms with Crippen LogP contribution in [0.25, 0.3) is 0 Å². The van der Waals surface area contributed by atoms with Crippen molar-refractivity contribution in [3.63, 3.8) is 0 Å². The van der Waals surface area contributed by atoms with Crippen molar-refractivity contribution in [3.05, 3.63) is 63.1 Å². The van der Waals surface area contributed by atoms with Crippen LogP contribution in [0.3, 0.4) is 0 Å². The number of thioether (sulfide) groups is 1. The smallest absolute Gasteiger partial charge is 0.173 e. The zero-order valence-electron chi connectivity index (χ0n) is 11.2. The maximum atomic E-state index is 12.2. The summed E-state index contributed by atoms with van der Waals surface area (Å²) in [7, 11) is 0. The molecule has 0 aliphatic rings. The molecule has 0 saturated carbocycles. The summed E-state index contributed by atoms with van der Waals surface area (Å²) in [4.78, 5) is 13.1. The van der Waals surface area contributed by atoms with Crippen LogP contribution in [0, 0.1) is 13.8 Å². The molecule has 2 rings (SSSR count). The fourth-order valence-electron chi connectivity index (χ4n) is 1.71. The molecule has 0 aliphatic carbocycles. The molecule has 0 atom stereocenters. The van der Waals surface area contributed by atoms with Gasteiger partial charge in [-0.05, 0) is 49.2 Å². The minimum absolute atomic E-state index is 0.115. The third kappa shape index (κ3) is 3.78. The van der Waals surface area contributed by atoms with Crippen molar-refractivity contribution in [2.75, 3.05) is 5.75 Å². The summed E-state index contributed by atoms with van der Waals surface area (Å²) in [5.74, 6) is 0.504. The highest BCUT2D eigenvalue weighted by atomic mass is 35.5. The van der Waals surface area contributed by atoms with Crippen molar-refractivity contribution in [1.82, 2.24) is 0 Å². The second-order valence-corrected chi connectivity index (χ2v) is 6.45. The van der Waals surface area contributed by atoms with E-state index in [0.717, 1.165) is 16.0 Å². The van der Waals surface area contributed by atoms with Crippen molar-refractivity contribution in [1.29, 1.82) is 0 Å². The Labute approximate surface area is 133 Å². The third-order valence-electron chi connectivity index (χ3n) is 3.09. The zero-order valence-corrected chi connectivity index (χ0v) is 13.6. The molecule has 0 unspecified atom stereocenters.